The Morgan fingerprint density at radius 3 is 2.94 bits per heavy atom. The van der Waals surface area contributed by atoms with E-state index in [-0.39, 0.29) is 18.4 Å². The van der Waals surface area contributed by atoms with Crippen molar-refractivity contribution in [1.29, 1.82) is 0 Å². The Bertz CT molecular complexity index is 1100. The lowest BCUT2D eigenvalue weighted by atomic mass is 10.1. The molecule has 32 heavy (non-hydrogen) atoms. The van der Waals surface area contributed by atoms with Crippen LogP contribution in [0.3, 0.4) is 0 Å². The lowest BCUT2D eigenvalue weighted by Crippen LogP contribution is -2.45. The number of hydrogen-bond donors (Lipinski definition) is 3. The minimum atomic E-state index is -0.633. The second kappa shape index (κ2) is 8.16. The number of amides is 2. The lowest BCUT2D eigenvalue weighted by Gasteiger charge is -2.28. The molecule has 4 N–H and O–H groups in total. The summed E-state index contributed by atoms with van der Waals surface area (Å²) in [5.74, 6) is 0.507. The third kappa shape index (κ3) is 3.54. The van der Waals surface area contributed by atoms with E-state index in [4.69, 9.17) is 10.5 Å². The molecule has 0 bridgehead atoms. The third-order valence-electron chi connectivity index (χ3n) is 6.26. The molecular weight excluding hydrogens is 410 g/mol. The van der Waals surface area contributed by atoms with Crippen LogP contribution < -0.4 is 20.7 Å². The normalized spacial score (nSPS) is 19.6. The summed E-state index contributed by atoms with van der Waals surface area (Å²) in [7, 11) is 0. The highest BCUT2D eigenvalue weighted by atomic mass is 16.5. The Morgan fingerprint density at radius 2 is 2.12 bits per heavy atom. The van der Waals surface area contributed by atoms with Gasteiger partial charge in [0.25, 0.3) is 5.91 Å². The van der Waals surface area contributed by atoms with Gasteiger partial charge in [-0.3, -0.25) is 14.9 Å². The van der Waals surface area contributed by atoms with Crippen LogP contribution in [-0.2, 0) is 22.6 Å². The first kappa shape index (κ1) is 20.3. The van der Waals surface area contributed by atoms with Crippen LogP contribution in [0.15, 0.2) is 47.5 Å². The van der Waals surface area contributed by atoms with Gasteiger partial charge in [-0.25, -0.2) is 4.99 Å². The Kier molecular flexibility index (Phi) is 5.18. The highest BCUT2D eigenvalue weighted by molar-refractivity contribution is 6.07. The fraction of sp³-hybridized carbons (Fsp3) is 0.348. The van der Waals surface area contributed by atoms with Gasteiger partial charge in [-0.05, 0) is 36.2 Å². The van der Waals surface area contributed by atoms with Gasteiger partial charge in [0.05, 0.1) is 18.9 Å². The molecule has 1 fully saturated rings. The van der Waals surface area contributed by atoms with Crippen molar-refractivity contribution >= 4 is 29.1 Å². The summed E-state index contributed by atoms with van der Waals surface area (Å²) in [5, 5.41) is 12.2. The second-order valence-electron chi connectivity index (χ2n) is 8.17. The molecule has 0 saturated carbocycles. The number of anilines is 1. The van der Waals surface area contributed by atoms with Gasteiger partial charge >= 0.3 is 0 Å². The van der Waals surface area contributed by atoms with Gasteiger partial charge in [-0.1, -0.05) is 18.2 Å². The summed E-state index contributed by atoms with van der Waals surface area (Å²) in [6.07, 6.45) is 1.37. The van der Waals surface area contributed by atoms with Crippen LogP contribution in [0.2, 0.25) is 0 Å². The van der Waals surface area contributed by atoms with Crippen molar-refractivity contribution in [3.63, 3.8) is 0 Å². The molecule has 5 rings (SSSR count). The Morgan fingerprint density at radius 1 is 1.28 bits per heavy atom. The SMILES string of the molecule is NC(=O)C(CCOc1ccc2c(c1)CN1C(=N2)NC(=O)C1CO)N1CCc2ccccc21. The Labute approximate surface area is 185 Å². The predicted molar refractivity (Wildman–Crippen MR) is 119 cm³/mol. The fourth-order valence-corrected chi connectivity index (χ4v) is 4.63. The first-order valence-electron chi connectivity index (χ1n) is 10.7. The summed E-state index contributed by atoms with van der Waals surface area (Å²) >= 11 is 0. The molecule has 0 spiro atoms. The molecule has 3 aliphatic rings. The number of carbonyl (C=O) groups excluding carboxylic acids is 2. The van der Waals surface area contributed by atoms with Crippen LogP contribution in [0.5, 0.6) is 5.75 Å². The first-order valence-corrected chi connectivity index (χ1v) is 10.7. The van der Waals surface area contributed by atoms with Crippen molar-refractivity contribution in [2.45, 2.75) is 31.5 Å². The number of aliphatic hydroxyl groups excluding tert-OH is 1. The Hall–Kier alpha value is -3.59. The number of carbonyl (C=O) groups is 2. The van der Waals surface area contributed by atoms with Crippen LogP contribution >= 0.6 is 0 Å². The third-order valence-corrected chi connectivity index (χ3v) is 6.26. The molecule has 2 unspecified atom stereocenters. The van der Waals surface area contributed by atoms with E-state index >= 15 is 0 Å². The van der Waals surface area contributed by atoms with Gasteiger partial charge in [-0.2, -0.15) is 0 Å². The minimum Gasteiger partial charge on any atom is -0.493 e. The van der Waals surface area contributed by atoms with E-state index in [1.54, 1.807) is 4.90 Å². The van der Waals surface area contributed by atoms with E-state index in [2.05, 4.69) is 21.3 Å². The summed E-state index contributed by atoms with van der Waals surface area (Å²) in [5.41, 5.74) is 9.67. The smallest absolute Gasteiger partial charge is 0.251 e. The molecule has 3 heterocycles. The largest absolute Gasteiger partial charge is 0.493 e. The number of nitrogens with one attached hydrogen (secondary N) is 1. The monoisotopic (exact) mass is 435 g/mol. The molecule has 1 saturated heterocycles. The zero-order chi connectivity index (χ0) is 22.2. The van der Waals surface area contributed by atoms with Gasteiger partial charge in [-0.15, -0.1) is 0 Å². The summed E-state index contributed by atoms with van der Waals surface area (Å²) in [6.45, 7) is 1.28. The molecule has 0 aromatic heterocycles. The predicted octanol–water partition coefficient (Wildman–Crippen LogP) is 0.666. The zero-order valence-corrected chi connectivity index (χ0v) is 17.5. The number of para-hydroxylation sites is 1. The highest BCUT2D eigenvalue weighted by Crippen LogP contribution is 2.33. The van der Waals surface area contributed by atoms with Gasteiger partial charge in [0.15, 0.2) is 0 Å². The lowest BCUT2D eigenvalue weighted by molar-refractivity contribution is -0.122. The number of guanidine groups is 1. The standard InChI is InChI=1S/C23H25N5O4/c24-21(30)19(27-9-7-14-3-1-2-4-18(14)27)8-10-32-16-5-6-17-15(11-16)12-28-20(13-29)22(31)26-23(28)25-17/h1-6,11,19-20,29H,7-10,12-13H2,(H2,24,30)(H,25,26,31). The van der Waals surface area contributed by atoms with Crippen molar-refractivity contribution in [2.75, 3.05) is 24.7 Å². The maximum atomic E-state index is 12.2. The van der Waals surface area contributed by atoms with E-state index in [1.807, 2.05) is 36.4 Å². The van der Waals surface area contributed by atoms with Crippen molar-refractivity contribution < 1.29 is 19.4 Å². The molecule has 3 aliphatic heterocycles. The van der Waals surface area contributed by atoms with Gasteiger partial charge in [0.2, 0.25) is 11.9 Å². The van der Waals surface area contributed by atoms with E-state index in [0.717, 1.165) is 29.9 Å². The van der Waals surface area contributed by atoms with E-state index in [1.165, 1.54) is 5.56 Å². The maximum Gasteiger partial charge on any atom is 0.251 e. The van der Waals surface area contributed by atoms with Crippen LogP contribution in [0, 0.1) is 0 Å². The molecule has 166 valence electrons. The van der Waals surface area contributed by atoms with Crippen molar-refractivity contribution in [3.8, 4) is 5.75 Å². The van der Waals surface area contributed by atoms with Gasteiger partial charge < -0.3 is 25.4 Å². The highest BCUT2D eigenvalue weighted by Gasteiger charge is 2.38. The Balaban J connectivity index is 1.25. The van der Waals surface area contributed by atoms with Crippen LogP contribution in [0.4, 0.5) is 11.4 Å². The number of aliphatic hydroxyl groups is 1. The molecule has 2 aromatic carbocycles. The molecule has 9 nitrogen and oxygen atoms in total. The average molecular weight is 435 g/mol. The van der Waals surface area contributed by atoms with Gasteiger partial charge in [0.1, 0.15) is 17.8 Å². The number of nitrogens with zero attached hydrogens (tertiary/aromatic N) is 3. The van der Waals surface area contributed by atoms with Crippen LogP contribution in [0.25, 0.3) is 0 Å². The second-order valence-corrected chi connectivity index (χ2v) is 8.17. The number of benzene rings is 2. The number of rotatable bonds is 7. The molecule has 2 atom stereocenters. The molecular formula is C23H25N5O4. The number of ether oxygens (including phenoxy) is 1. The topological polar surface area (TPSA) is 120 Å². The number of hydrogen-bond acceptors (Lipinski definition) is 7. The van der Waals surface area contributed by atoms with Crippen LogP contribution in [-0.4, -0.2) is 59.6 Å². The minimum absolute atomic E-state index is 0.253. The van der Waals surface area contributed by atoms with Crippen molar-refractivity contribution in [2.24, 2.45) is 10.7 Å². The molecule has 0 radical (unpaired) electrons. The number of nitrogens with two attached hydrogens (primary N) is 1. The summed E-state index contributed by atoms with van der Waals surface area (Å²) in [4.78, 5) is 32.4. The number of primary amides is 1. The molecule has 2 amide bonds. The summed E-state index contributed by atoms with van der Waals surface area (Å²) < 4.78 is 5.95. The molecule has 2 aromatic rings. The maximum absolute atomic E-state index is 12.2. The van der Waals surface area contributed by atoms with Gasteiger partial charge in [0, 0.05) is 30.8 Å². The van der Waals surface area contributed by atoms with E-state index in [9.17, 15) is 14.7 Å². The quantitative estimate of drug-likeness (QED) is 0.588. The summed E-state index contributed by atoms with van der Waals surface area (Å²) in [6, 6.07) is 12.6. The zero-order valence-electron chi connectivity index (χ0n) is 17.5. The van der Waals surface area contributed by atoms with Crippen molar-refractivity contribution in [3.05, 3.63) is 53.6 Å². The van der Waals surface area contributed by atoms with E-state index in [0.29, 0.717) is 31.3 Å². The average Bonchev–Trinajstić information content (AvgIpc) is 3.34. The first-order chi connectivity index (χ1) is 15.5. The van der Waals surface area contributed by atoms with Crippen molar-refractivity contribution in [1.82, 2.24) is 10.2 Å². The number of fused-ring (bicyclic) bond motifs is 3. The molecule has 9 heteroatoms. The van der Waals surface area contributed by atoms with E-state index < -0.39 is 12.1 Å². The number of aliphatic imine (C=N–C) groups is 1. The molecule has 0 aliphatic carbocycles. The fourth-order valence-electron chi connectivity index (χ4n) is 4.63. The van der Waals surface area contributed by atoms with Crippen LogP contribution in [0.1, 0.15) is 17.5 Å².